The van der Waals surface area contributed by atoms with E-state index in [0.717, 1.165) is 23.5 Å². The van der Waals surface area contributed by atoms with E-state index in [1.807, 2.05) is 36.7 Å². The number of nitrogens with zero attached hydrogens (tertiary/aromatic N) is 2. The lowest BCUT2D eigenvalue weighted by atomic mass is 10.1. The molecule has 2 nitrogen and oxygen atoms in total. The van der Waals surface area contributed by atoms with Crippen molar-refractivity contribution in [2.75, 3.05) is 6.54 Å². The third kappa shape index (κ3) is 2.28. The average Bonchev–Trinajstić information content (AvgIpc) is 2.93. The van der Waals surface area contributed by atoms with Crippen LogP contribution in [-0.2, 0) is 0 Å². The maximum Gasteiger partial charge on any atom is 0.287 e. The molecule has 3 rings (SSSR count). The summed E-state index contributed by atoms with van der Waals surface area (Å²) in [7, 11) is 0. The van der Waals surface area contributed by atoms with Crippen molar-refractivity contribution in [2.24, 2.45) is 0 Å². The highest BCUT2D eigenvalue weighted by Gasteiger charge is 2.30. The van der Waals surface area contributed by atoms with E-state index in [9.17, 15) is 0 Å². The molecule has 2 heteroatoms. The average molecular weight is 260 g/mol. The molecule has 0 aliphatic carbocycles. The predicted molar refractivity (Wildman–Crippen MR) is 84.8 cm³/mol. The lowest BCUT2D eigenvalue weighted by molar-refractivity contribution is 0.681. The summed E-state index contributed by atoms with van der Waals surface area (Å²) in [4.78, 5) is 6.73. The summed E-state index contributed by atoms with van der Waals surface area (Å²) in [5, 5.41) is 0. The molecule has 0 fully saturated rings. The monoisotopic (exact) mass is 260 g/mol. The second-order valence-corrected chi connectivity index (χ2v) is 4.61. The van der Waals surface area contributed by atoms with Crippen LogP contribution >= 0.6 is 0 Å². The summed E-state index contributed by atoms with van der Waals surface area (Å²) >= 11 is 0. The molecule has 0 N–H and O–H groups in total. The molecule has 97 valence electrons. The number of aliphatic imine (C=N–C) groups is 1. The van der Waals surface area contributed by atoms with E-state index in [0.29, 0.717) is 0 Å². The van der Waals surface area contributed by atoms with E-state index in [-0.39, 0.29) is 0 Å². The Hall–Kier alpha value is -2.61. The van der Waals surface area contributed by atoms with Crippen LogP contribution in [0.2, 0.25) is 0 Å². The van der Waals surface area contributed by atoms with Crippen LogP contribution in [-0.4, -0.2) is 17.8 Å². The van der Waals surface area contributed by atoms with Crippen molar-refractivity contribution in [3.05, 3.63) is 84.4 Å². The molecule has 2 aromatic rings. The smallest absolute Gasteiger partial charge is 0.222 e. The third-order valence-corrected chi connectivity index (χ3v) is 3.26. The summed E-state index contributed by atoms with van der Waals surface area (Å²) in [6.07, 6.45) is 3.77. The topological polar surface area (TPSA) is 17.3 Å². The maximum atomic E-state index is 4.60. The molecule has 1 aliphatic heterocycles. The Morgan fingerprint density at radius 1 is 0.900 bits per heavy atom. The molecule has 2 aromatic carbocycles. The Kier molecular flexibility index (Phi) is 3.46. The molecule has 1 heterocycles. The number of benzene rings is 2. The Bertz CT molecular complexity index is 654. The van der Waals surface area contributed by atoms with Crippen LogP contribution in [0.1, 0.15) is 11.1 Å². The van der Waals surface area contributed by atoms with Crippen LogP contribution in [0.15, 0.2) is 73.3 Å². The van der Waals surface area contributed by atoms with Crippen molar-refractivity contribution in [1.82, 2.24) is 9.89 Å². The second kappa shape index (κ2) is 5.57. The molecule has 0 bridgehead atoms. The minimum atomic E-state index is 0.754. The van der Waals surface area contributed by atoms with Crippen molar-refractivity contribution in [1.29, 1.82) is 0 Å². The van der Waals surface area contributed by atoms with Gasteiger partial charge in [-0.2, -0.15) is 0 Å². The minimum Gasteiger partial charge on any atom is -0.222 e. The molecular formula is C18H16N2+. The van der Waals surface area contributed by atoms with Gasteiger partial charge in [0.2, 0.25) is 5.70 Å². The molecule has 1 radical (unpaired) electrons. The van der Waals surface area contributed by atoms with Crippen LogP contribution < -0.4 is 4.99 Å². The van der Waals surface area contributed by atoms with Crippen molar-refractivity contribution in [3.8, 4) is 0 Å². The number of hydrogen-bond donors (Lipinski definition) is 0. The van der Waals surface area contributed by atoms with Gasteiger partial charge in [0.25, 0.3) is 6.34 Å². The second-order valence-electron chi connectivity index (χ2n) is 4.61. The Labute approximate surface area is 119 Å². The molecule has 0 aromatic heterocycles. The SMILES string of the molecule is C=CCN1C=[N+]C(c2ccccc2)=C1c1ccccc1. The molecule has 1 aliphatic rings. The first-order valence-corrected chi connectivity index (χ1v) is 6.67. The fraction of sp³-hybridized carbons (Fsp3) is 0.0556. The first kappa shape index (κ1) is 12.4. The molecule has 0 saturated heterocycles. The predicted octanol–water partition coefficient (Wildman–Crippen LogP) is 3.38. The summed E-state index contributed by atoms with van der Waals surface area (Å²) in [6.45, 7) is 4.58. The van der Waals surface area contributed by atoms with Gasteiger partial charge in [0.05, 0.1) is 0 Å². The van der Waals surface area contributed by atoms with Gasteiger partial charge in [-0.05, 0) is 4.99 Å². The maximum absolute atomic E-state index is 4.60. The summed E-state index contributed by atoms with van der Waals surface area (Å²) in [6, 6.07) is 20.6. The largest absolute Gasteiger partial charge is 0.287 e. The van der Waals surface area contributed by atoms with Gasteiger partial charge in [-0.1, -0.05) is 73.3 Å². The molecule has 0 saturated carbocycles. The van der Waals surface area contributed by atoms with E-state index in [4.69, 9.17) is 0 Å². The van der Waals surface area contributed by atoms with Gasteiger partial charge in [-0.25, -0.2) is 4.90 Å². The molecule has 20 heavy (non-hydrogen) atoms. The standard InChI is InChI=1S/C18H16N2/c1-2-13-20-14-19-17(15-9-5-3-6-10-15)18(20)16-11-7-4-8-12-16/h2-12,14H,1,13H2/q+1. The highest BCUT2D eigenvalue weighted by atomic mass is 15.2. The number of hydrogen-bond acceptors (Lipinski definition) is 2. The van der Waals surface area contributed by atoms with E-state index in [1.165, 1.54) is 5.56 Å². The van der Waals surface area contributed by atoms with E-state index in [2.05, 4.69) is 52.9 Å². The fourth-order valence-corrected chi connectivity index (χ4v) is 2.37. The van der Waals surface area contributed by atoms with Gasteiger partial charge in [-0.3, -0.25) is 0 Å². The zero-order valence-corrected chi connectivity index (χ0v) is 11.2. The highest BCUT2D eigenvalue weighted by molar-refractivity contribution is 5.98. The molecule has 0 spiro atoms. The third-order valence-electron chi connectivity index (χ3n) is 3.26. The summed E-state index contributed by atoms with van der Waals surface area (Å²) in [5.74, 6) is 0. The van der Waals surface area contributed by atoms with Crippen LogP contribution in [0.5, 0.6) is 0 Å². The first-order valence-electron chi connectivity index (χ1n) is 6.67. The molecule has 0 unspecified atom stereocenters. The minimum absolute atomic E-state index is 0.754. The van der Waals surface area contributed by atoms with Crippen LogP contribution in [0.4, 0.5) is 0 Å². The fourth-order valence-electron chi connectivity index (χ4n) is 2.37. The van der Waals surface area contributed by atoms with Gasteiger partial charge >= 0.3 is 0 Å². The van der Waals surface area contributed by atoms with E-state index < -0.39 is 0 Å². The Balaban J connectivity index is 2.13. The molecular weight excluding hydrogens is 244 g/mol. The van der Waals surface area contributed by atoms with E-state index in [1.54, 1.807) is 0 Å². The van der Waals surface area contributed by atoms with Crippen molar-refractivity contribution >= 4 is 17.7 Å². The quantitative estimate of drug-likeness (QED) is 0.770. The zero-order valence-electron chi connectivity index (χ0n) is 11.2. The lowest BCUT2D eigenvalue weighted by Crippen LogP contribution is -2.17. The number of rotatable bonds is 4. The van der Waals surface area contributed by atoms with E-state index >= 15 is 0 Å². The Morgan fingerprint density at radius 3 is 2.10 bits per heavy atom. The van der Waals surface area contributed by atoms with Crippen LogP contribution in [0.25, 0.3) is 11.4 Å². The van der Waals surface area contributed by atoms with Gasteiger partial charge in [0, 0.05) is 11.1 Å². The normalized spacial score (nSPS) is 13.9. The zero-order chi connectivity index (χ0) is 13.8. The van der Waals surface area contributed by atoms with Crippen molar-refractivity contribution < 1.29 is 0 Å². The van der Waals surface area contributed by atoms with Crippen molar-refractivity contribution in [2.45, 2.75) is 0 Å². The Morgan fingerprint density at radius 2 is 1.50 bits per heavy atom. The lowest BCUT2D eigenvalue weighted by Gasteiger charge is -2.10. The summed E-state index contributed by atoms with van der Waals surface area (Å²) in [5.41, 5.74) is 4.45. The first-order chi connectivity index (χ1) is 9.90. The van der Waals surface area contributed by atoms with Crippen molar-refractivity contribution in [3.63, 3.8) is 0 Å². The van der Waals surface area contributed by atoms with Gasteiger partial charge in [0.1, 0.15) is 6.54 Å². The van der Waals surface area contributed by atoms with Crippen LogP contribution in [0, 0.1) is 0 Å². The summed E-state index contributed by atoms with van der Waals surface area (Å²) < 4.78 is 0. The van der Waals surface area contributed by atoms with Crippen LogP contribution in [0.3, 0.4) is 0 Å². The molecule has 0 amide bonds. The van der Waals surface area contributed by atoms with Gasteiger partial charge in [0.15, 0.2) is 5.70 Å². The van der Waals surface area contributed by atoms with Gasteiger partial charge in [-0.15, -0.1) is 0 Å². The molecule has 0 atom stereocenters. The van der Waals surface area contributed by atoms with Gasteiger partial charge < -0.3 is 0 Å². The highest BCUT2D eigenvalue weighted by Crippen LogP contribution is 2.29.